The van der Waals surface area contributed by atoms with Crippen LogP contribution in [0.2, 0.25) is 0 Å². The summed E-state index contributed by atoms with van der Waals surface area (Å²) in [6.45, 7) is 9.48. The van der Waals surface area contributed by atoms with Crippen LogP contribution in [0.15, 0.2) is 30.5 Å². The van der Waals surface area contributed by atoms with E-state index in [1.165, 1.54) is 11.8 Å². The maximum Gasteiger partial charge on any atom is 0.264 e. The number of alkyl halides is 2. The number of anilines is 1. The minimum atomic E-state index is -2.50. The number of nitrogens with zero attached hydrogens (tertiary/aromatic N) is 3. The average molecular weight is 513 g/mol. The molecule has 0 amide bonds. The van der Waals surface area contributed by atoms with Crippen molar-refractivity contribution in [3.63, 3.8) is 0 Å². The van der Waals surface area contributed by atoms with Gasteiger partial charge in [-0.3, -0.25) is 0 Å². The maximum atomic E-state index is 13.5. The van der Waals surface area contributed by atoms with Crippen molar-refractivity contribution in [1.82, 2.24) is 14.9 Å². The number of nitrogens with one attached hydrogen (secondary N) is 1. The fourth-order valence-electron chi connectivity index (χ4n) is 6.78. The second kappa shape index (κ2) is 9.95. The fraction of sp³-hybridized carbons (Fsp3) is 0.586. The molecule has 0 atom stereocenters. The second-order valence-corrected chi connectivity index (χ2v) is 11.3. The molecule has 0 spiro atoms. The molecule has 1 aromatic heterocycles. The van der Waals surface area contributed by atoms with Gasteiger partial charge in [-0.05, 0) is 68.9 Å². The van der Waals surface area contributed by atoms with E-state index < -0.39 is 12.7 Å². The van der Waals surface area contributed by atoms with E-state index in [9.17, 15) is 8.78 Å². The standard InChI is InChI=1S/C29H38F2N4O2/c1-18-21(7-6-8-22(18)25(30)31)16-32-26-24(27-36-13-14-37-27)23(33-20(3)34-26)15-28-9-11-29(17-28,12-10-28)19(2)35(4)5/h6-8,25,27H,2,9-17H2,1,3-5H3,(H,32,33,34). The summed E-state index contributed by atoms with van der Waals surface area (Å²) in [5, 5.41) is 3.42. The van der Waals surface area contributed by atoms with E-state index in [0.29, 0.717) is 37.0 Å². The van der Waals surface area contributed by atoms with Crippen molar-refractivity contribution in [2.75, 3.05) is 32.6 Å². The minimum absolute atomic E-state index is 0.0610. The van der Waals surface area contributed by atoms with Crippen molar-refractivity contribution < 1.29 is 18.3 Å². The lowest BCUT2D eigenvalue weighted by atomic mass is 9.78. The highest BCUT2D eigenvalue weighted by molar-refractivity contribution is 5.50. The molecule has 3 fully saturated rings. The van der Waals surface area contributed by atoms with Gasteiger partial charge in [0.15, 0.2) is 6.29 Å². The molecule has 1 N–H and O–H groups in total. The Balaban J connectivity index is 1.45. The van der Waals surface area contributed by atoms with Crippen LogP contribution in [0.5, 0.6) is 0 Å². The molecule has 1 aromatic carbocycles. The maximum absolute atomic E-state index is 13.5. The van der Waals surface area contributed by atoms with E-state index in [1.54, 1.807) is 13.0 Å². The molecule has 0 unspecified atom stereocenters. The van der Waals surface area contributed by atoms with Gasteiger partial charge in [0.25, 0.3) is 6.43 Å². The Kier molecular flexibility index (Phi) is 7.00. The molecule has 8 heteroatoms. The quantitative estimate of drug-likeness (QED) is 0.428. The fourth-order valence-corrected chi connectivity index (χ4v) is 6.78. The van der Waals surface area contributed by atoms with E-state index >= 15 is 0 Å². The van der Waals surface area contributed by atoms with Crippen LogP contribution in [-0.4, -0.2) is 42.2 Å². The van der Waals surface area contributed by atoms with Gasteiger partial charge in [-0.1, -0.05) is 24.8 Å². The molecule has 2 aromatic rings. The molecular formula is C29H38F2N4O2. The second-order valence-electron chi connectivity index (χ2n) is 11.3. The largest absolute Gasteiger partial charge is 0.381 e. The lowest BCUT2D eigenvalue weighted by molar-refractivity contribution is -0.0449. The van der Waals surface area contributed by atoms with Crippen LogP contribution in [0.3, 0.4) is 0 Å². The molecule has 5 rings (SSSR count). The third-order valence-electron chi connectivity index (χ3n) is 8.84. The summed E-state index contributed by atoms with van der Waals surface area (Å²) < 4.78 is 38.8. The molecular weight excluding hydrogens is 474 g/mol. The van der Waals surface area contributed by atoms with Gasteiger partial charge in [0.05, 0.1) is 24.5 Å². The summed E-state index contributed by atoms with van der Waals surface area (Å²) in [5.74, 6) is 1.33. The van der Waals surface area contributed by atoms with E-state index in [1.807, 2.05) is 13.0 Å². The minimum Gasteiger partial charge on any atom is -0.381 e. The summed E-state index contributed by atoms with van der Waals surface area (Å²) in [6, 6.07) is 5.04. The third-order valence-corrected chi connectivity index (χ3v) is 8.84. The number of hydrogen-bond acceptors (Lipinski definition) is 6. The van der Waals surface area contributed by atoms with Crippen LogP contribution in [0.4, 0.5) is 14.6 Å². The smallest absolute Gasteiger partial charge is 0.264 e. The average Bonchev–Trinajstić information content (AvgIpc) is 3.59. The van der Waals surface area contributed by atoms with E-state index in [4.69, 9.17) is 19.4 Å². The first-order valence-electron chi connectivity index (χ1n) is 13.2. The van der Waals surface area contributed by atoms with E-state index in [0.717, 1.165) is 55.3 Å². The van der Waals surface area contributed by atoms with Gasteiger partial charge in [-0.15, -0.1) is 0 Å². The third kappa shape index (κ3) is 4.86. The molecule has 1 aliphatic heterocycles. The van der Waals surface area contributed by atoms with Crippen LogP contribution >= 0.6 is 0 Å². The Hall–Kier alpha value is -2.58. The first kappa shape index (κ1) is 26.0. The molecule has 37 heavy (non-hydrogen) atoms. The van der Waals surface area contributed by atoms with Gasteiger partial charge in [0.1, 0.15) is 11.6 Å². The van der Waals surface area contributed by atoms with Crippen molar-refractivity contribution in [3.05, 3.63) is 64.2 Å². The predicted molar refractivity (Wildman–Crippen MR) is 139 cm³/mol. The number of rotatable bonds is 9. The van der Waals surface area contributed by atoms with Gasteiger partial charge in [0, 0.05) is 37.3 Å². The van der Waals surface area contributed by atoms with Crippen LogP contribution < -0.4 is 5.32 Å². The first-order chi connectivity index (χ1) is 17.6. The van der Waals surface area contributed by atoms with Crippen molar-refractivity contribution in [2.45, 2.75) is 71.6 Å². The molecule has 6 nitrogen and oxygen atoms in total. The summed E-state index contributed by atoms with van der Waals surface area (Å²) >= 11 is 0. The number of ether oxygens (including phenoxy) is 2. The Labute approximate surface area is 218 Å². The van der Waals surface area contributed by atoms with E-state index in [2.05, 4.69) is 30.9 Å². The monoisotopic (exact) mass is 512 g/mol. The summed E-state index contributed by atoms with van der Waals surface area (Å²) in [5.41, 5.74) is 4.87. The van der Waals surface area contributed by atoms with Gasteiger partial charge in [-0.2, -0.15) is 0 Å². The number of hydrogen-bond donors (Lipinski definition) is 1. The summed E-state index contributed by atoms with van der Waals surface area (Å²) in [7, 11) is 4.18. The summed E-state index contributed by atoms with van der Waals surface area (Å²) in [4.78, 5) is 11.8. The predicted octanol–water partition coefficient (Wildman–Crippen LogP) is 6.26. The normalized spacial score (nSPS) is 25.3. The molecule has 2 bridgehead atoms. The zero-order chi connectivity index (χ0) is 26.4. The van der Waals surface area contributed by atoms with Crippen molar-refractivity contribution >= 4 is 5.82 Å². The number of allylic oxidation sites excluding steroid dienone is 1. The molecule has 2 aliphatic carbocycles. The van der Waals surface area contributed by atoms with Gasteiger partial charge in [-0.25, -0.2) is 18.7 Å². The lowest BCUT2D eigenvalue weighted by Gasteiger charge is -2.33. The van der Waals surface area contributed by atoms with Crippen molar-refractivity contribution in [1.29, 1.82) is 0 Å². The Bertz CT molecular complexity index is 1170. The van der Waals surface area contributed by atoms with Gasteiger partial charge < -0.3 is 19.7 Å². The number of halogens is 2. The highest BCUT2D eigenvalue weighted by atomic mass is 19.3. The van der Waals surface area contributed by atoms with E-state index in [-0.39, 0.29) is 16.4 Å². The highest BCUT2D eigenvalue weighted by Gasteiger charge is 2.56. The summed E-state index contributed by atoms with van der Waals surface area (Å²) in [6.07, 6.45) is 3.54. The molecule has 3 aliphatic rings. The Morgan fingerprint density at radius 3 is 2.49 bits per heavy atom. The van der Waals surface area contributed by atoms with Crippen LogP contribution in [-0.2, 0) is 22.4 Å². The Morgan fingerprint density at radius 2 is 1.84 bits per heavy atom. The van der Waals surface area contributed by atoms with Gasteiger partial charge in [0.2, 0.25) is 0 Å². The first-order valence-corrected chi connectivity index (χ1v) is 13.2. The molecule has 2 heterocycles. The Morgan fingerprint density at radius 1 is 1.14 bits per heavy atom. The van der Waals surface area contributed by atoms with Crippen molar-refractivity contribution in [3.8, 4) is 0 Å². The number of aryl methyl sites for hydroxylation is 1. The van der Waals surface area contributed by atoms with Crippen molar-refractivity contribution in [2.24, 2.45) is 10.8 Å². The molecule has 200 valence electrons. The highest BCUT2D eigenvalue weighted by Crippen LogP contribution is 2.65. The number of fused-ring (bicyclic) bond motifs is 2. The molecule has 0 radical (unpaired) electrons. The van der Waals surface area contributed by atoms with Crippen LogP contribution in [0, 0.1) is 24.7 Å². The number of aromatic nitrogens is 2. The lowest BCUT2D eigenvalue weighted by Crippen LogP contribution is -2.26. The van der Waals surface area contributed by atoms with Crippen LogP contribution in [0.25, 0.3) is 0 Å². The molecule has 1 saturated heterocycles. The molecule has 2 saturated carbocycles. The SMILES string of the molecule is C=C(N(C)C)C12CCC(Cc3nc(C)nc(NCc4cccc(C(F)F)c4C)c3C3OCCO3)(CC1)C2. The zero-order valence-electron chi connectivity index (χ0n) is 22.4. The van der Waals surface area contributed by atoms with Gasteiger partial charge >= 0.3 is 0 Å². The van der Waals surface area contributed by atoms with Crippen LogP contribution in [0.1, 0.15) is 78.6 Å². The zero-order valence-corrected chi connectivity index (χ0v) is 22.4. The topological polar surface area (TPSA) is 59.5 Å². The number of benzene rings is 1.